The summed E-state index contributed by atoms with van der Waals surface area (Å²) < 4.78 is 11.0. The van der Waals surface area contributed by atoms with Crippen molar-refractivity contribution >= 4 is 23.2 Å². The molecule has 0 aliphatic carbocycles. The summed E-state index contributed by atoms with van der Waals surface area (Å²) >= 11 is 11.6. The number of nitrogens with one attached hydrogen (secondary N) is 1. The number of benzene rings is 1. The first-order valence-corrected chi connectivity index (χ1v) is 6.33. The maximum atomic E-state index is 6.03. The molecule has 0 fully saturated rings. The summed E-state index contributed by atoms with van der Waals surface area (Å²) in [5.74, 6) is 1.31. The van der Waals surface area contributed by atoms with Crippen molar-refractivity contribution in [3.63, 3.8) is 0 Å². The molecule has 0 aromatic heterocycles. The van der Waals surface area contributed by atoms with Gasteiger partial charge >= 0.3 is 0 Å². The Hall–Kier alpha value is -0.900. The molecular weight excluding hydrogens is 273 g/mol. The number of hydrogen-bond donors (Lipinski definition) is 1. The van der Waals surface area contributed by atoms with Gasteiger partial charge in [-0.2, -0.15) is 0 Å². The Kier molecular flexibility index (Phi) is 6.33. The first-order chi connectivity index (χ1) is 8.62. The van der Waals surface area contributed by atoms with Gasteiger partial charge in [0.15, 0.2) is 11.5 Å². The molecular formula is C13H17Cl2NO2. The van der Waals surface area contributed by atoms with Crippen LogP contribution in [0, 0.1) is 0 Å². The van der Waals surface area contributed by atoms with Crippen molar-refractivity contribution in [2.24, 2.45) is 0 Å². The molecule has 0 atom stereocenters. The molecule has 0 bridgehead atoms. The van der Waals surface area contributed by atoms with E-state index in [2.05, 4.69) is 5.32 Å². The maximum Gasteiger partial charge on any atom is 0.166 e. The van der Waals surface area contributed by atoms with Gasteiger partial charge in [0.05, 0.1) is 7.11 Å². The molecule has 0 saturated heterocycles. The molecule has 18 heavy (non-hydrogen) atoms. The molecule has 3 nitrogen and oxygen atoms in total. The summed E-state index contributed by atoms with van der Waals surface area (Å²) in [7, 11) is 3.45. The molecule has 1 rings (SSSR count). The molecule has 0 saturated carbocycles. The summed E-state index contributed by atoms with van der Waals surface area (Å²) in [5.41, 5.74) is 3.38. The normalized spacial score (nSPS) is 11.5. The molecule has 1 aromatic carbocycles. The van der Waals surface area contributed by atoms with Crippen molar-refractivity contribution in [3.8, 4) is 11.5 Å². The average molecular weight is 290 g/mol. The van der Waals surface area contributed by atoms with E-state index in [1.165, 1.54) is 5.54 Å². The van der Waals surface area contributed by atoms with Gasteiger partial charge in [-0.3, -0.25) is 0 Å². The predicted molar refractivity (Wildman–Crippen MR) is 75.9 cm³/mol. The minimum atomic E-state index is 0.415. The third-order valence-corrected chi connectivity index (χ3v) is 2.90. The van der Waals surface area contributed by atoms with Gasteiger partial charge < -0.3 is 14.8 Å². The second-order valence-electron chi connectivity index (χ2n) is 3.87. The van der Waals surface area contributed by atoms with Gasteiger partial charge in [-0.05, 0) is 25.6 Å². The van der Waals surface area contributed by atoms with E-state index in [0.717, 1.165) is 11.1 Å². The van der Waals surface area contributed by atoms with E-state index < -0.39 is 0 Å². The lowest BCUT2D eigenvalue weighted by Gasteiger charge is -2.15. The van der Waals surface area contributed by atoms with E-state index >= 15 is 0 Å². The molecule has 100 valence electrons. The fraction of sp³-hybridized carbons (Fsp3) is 0.385. The van der Waals surface area contributed by atoms with E-state index in [1.54, 1.807) is 13.2 Å². The molecule has 0 radical (unpaired) electrons. The van der Waals surface area contributed by atoms with Crippen LogP contribution >= 0.6 is 23.2 Å². The topological polar surface area (TPSA) is 30.5 Å². The third kappa shape index (κ3) is 4.09. The van der Waals surface area contributed by atoms with Crippen molar-refractivity contribution < 1.29 is 9.47 Å². The van der Waals surface area contributed by atoms with Crippen LogP contribution in [0.4, 0.5) is 0 Å². The predicted octanol–water partition coefficient (Wildman–Crippen LogP) is 3.59. The Morgan fingerprint density at radius 1 is 1.44 bits per heavy atom. The van der Waals surface area contributed by atoms with E-state index in [-0.39, 0.29) is 0 Å². The van der Waals surface area contributed by atoms with Gasteiger partial charge in [-0.25, -0.2) is 0 Å². The van der Waals surface area contributed by atoms with Crippen molar-refractivity contribution in [1.29, 1.82) is 0 Å². The number of hydrogen-bond acceptors (Lipinski definition) is 3. The Labute approximate surface area is 118 Å². The van der Waals surface area contributed by atoms with Gasteiger partial charge in [0.2, 0.25) is 0 Å². The van der Waals surface area contributed by atoms with Crippen LogP contribution in [0.1, 0.15) is 12.5 Å². The molecule has 0 amide bonds. The zero-order chi connectivity index (χ0) is 13.5. The summed E-state index contributed by atoms with van der Waals surface area (Å²) in [6.45, 7) is 2.96. The third-order valence-electron chi connectivity index (χ3n) is 2.31. The first kappa shape index (κ1) is 15.2. The van der Waals surface area contributed by atoms with Crippen LogP contribution in [0.5, 0.6) is 11.5 Å². The van der Waals surface area contributed by atoms with Gasteiger partial charge in [0.25, 0.3) is 0 Å². The molecule has 0 spiro atoms. The van der Waals surface area contributed by atoms with Crippen LogP contribution in [-0.2, 0) is 6.54 Å². The smallest absolute Gasteiger partial charge is 0.166 e. The highest BCUT2D eigenvalue weighted by Gasteiger charge is 2.12. The van der Waals surface area contributed by atoms with Crippen molar-refractivity contribution in [2.75, 3.05) is 20.8 Å². The van der Waals surface area contributed by atoms with Gasteiger partial charge in [0, 0.05) is 28.7 Å². The molecule has 0 heterocycles. The van der Waals surface area contributed by atoms with E-state index in [9.17, 15) is 0 Å². The molecule has 0 aliphatic heterocycles. The Bertz CT molecular complexity index is 433. The highest BCUT2D eigenvalue weighted by molar-refractivity contribution is 6.30. The van der Waals surface area contributed by atoms with Crippen LogP contribution in [0.25, 0.3) is 0 Å². The second-order valence-corrected chi connectivity index (χ2v) is 4.53. The number of halogens is 2. The SMILES string of the molecule is CNCc1cc(Cl)cc(OC)c1OC/C(C)=C/Cl. The van der Waals surface area contributed by atoms with Gasteiger partial charge in [-0.15, -0.1) is 0 Å². The quantitative estimate of drug-likeness (QED) is 0.868. The Morgan fingerprint density at radius 3 is 2.72 bits per heavy atom. The van der Waals surface area contributed by atoms with Crippen LogP contribution < -0.4 is 14.8 Å². The second kappa shape index (κ2) is 7.52. The van der Waals surface area contributed by atoms with Crippen LogP contribution in [0.3, 0.4) is 0 Å². The number of methoxy groups -OCH3 is 1. The lowest BCUT2D eigenvalue weighted by molar-refractivity contribution is 0.315. The minimum absolute atomic E-state index is 0.415. The summed E-state index contributed by atoms with van der Waals surface area (Å²) in [5, 5.41) is 3.69. The summed E-state index contributed by atoms with van der Waals surface area (Å²) in [6, 6.07) is 3.59. The molecule has 5 heteroatoms. The molecule has 0 aliphatic rings. The van der Waals surface area contributed by atoms with Gasteiger partial charge in [0.1, 0.15) is 6.61 Å². The van der Waals surface area contributed by atoms with Gasteiger partial charge in [-0.1, -0.05) is 23.2 Å². The summed E-state index contributed by atoms with van der Waals surface area (Å²) in [4.78, 5) is 0. The lowest BCUT2D eigenvalue weighted by atomic mass is 10.2. The zero-order valence-electron chi connectivity index (χ0n) is 10.7. The Morgan fingerprint density at radius 2 is 2.17 bits per heavy atom. The number of rotatable bonds is 6. The zero-order valence-corrected chi connectivity index (χ0v) is 12.2. The van der Waals surface area contributed by atoms with Crippen molar-refractivity contribution in [3.05, 3.63) is 33.8 Å². The minimum Gasteiger partial charge on any atom is -0.493 e. The largest absolute Gasteiger partial charge is 0.493 e. The molecule has 1 N–H and O–H groups in total. The monoisotopic (exact) mass is 289 g/mol. The van der Waals surface area contributed by atoms with Crippen LogP contribution in [0.2, 0.25) is 5.02 Å². The standard InChI is InChI=1S/C13H17Cl2NO2/c1-9(6-14)8-18-13-10(7-16-2)4-11(15)5-12(13)17-3/h4-6,16H,7-8H2,1-3H3/b9-6+. The average Bonchev–Trinajstić information content (AvgIpc) is 2.36. The maximum absolute atomic E-state index is 6.03. The highest BCUT2D eigenvalue weighted by Crippen LogP contribution is 2.35. The van der Waals surface area contributed by atoms with Crippen molar-refractivity contribution in [2.45, 2.75) is 13.5 Å². The number of ether oxygens (including phenoxy) is 2. The first-order valence-electron chi connectivity index (χ1n) is 5.52. The van der Waals surface area contributed by atoms with Crippen LogP contribution in [-0.4, -0.2) is 20.8 Å². The summed E-state index contributed by atoms with van der Waals surface area (Å²) in [6.07, 6.45) is 0. The van der Waals surface area contributed by atoms with Crippen LogP contribution in [0.15, 0.2) is 23.2 Å². The molecule has 1 aromatic rings. The van der Waals surface area contributed by atoms with E-state index in [4.69, 9.17) is 32.7 Å². The molecule has 0 unspecified atom stereocenters. The van der Waals surface area contributed by atoms with E-state index in [1.807, 2.05) is 20.0 Å². The fourth-order valence-corrected chi connectivity index (χ4v) is 1.77. The van der Waals surface area contributed by atoms with E-state index in [0.29, 0.717) is 29.7 Å². The van der Waals surface area contributed by atoms with Crippen molar-refractivity contribution in [1.82, 2.24) is 5.32 Å². The Balaban J connectivity index is 3.04. The highest BCUT2D eigenvalue weighted by atomic mass is 35.5. The lowest BCUT2D eigenvalue weighted by Crippen LogP contribution is -2.09. The fourth-order valence-electron chi connectivity index (χ4n) is 1.48.